The average molecular weight is 341 g/mol. The lowest BCUT2D eigenvalue weighted by Gasteiger charge is -2.41. The van der Waals surface area contributed by atoms with Gasteiger partial charge in [0.25, 0.3) is 5.91 Å². The Balaban J connectivity index is 1.83. The molecule has 1 saturated carbocycles. The van der Waals surface area contributed by atoms with Gasteiger partial charge in [-0.25, -0.2) is 9.48 Å². The molecule has 1 aliphatic carbocycles. The fourth-order valence-corrected chi connectivity index (χ4v) is 3.53. The third-order valence-corrected chi connectivity index (χ3v) is 5.12. The molecule has 0 unspecified atom stereocenters. The first-order valence-corrected chi connectivity index (χ1v) is 8.57. The van der Waals surface area contributed by atoms with E-state index in [1.165, 1.54) is 4.90 Å². The summed E-state index contributed by atoms with van der Waals surface area (Å²) in [6.45, 7) is 1.96. The Morgan fingerprint density at radius 1 is 1.16 bits per heavy atom. The highest BCUT2D eigenvalue weighted by Crippen LogP contribution is 2.34. The normalized spacial score (nSPS) is 16.4. The molecule has 0 atom stereocenters. The number of hydrogen-bond acceptors (Lipinski definition) is 3. The molecule has 6 nitrogen and oxygen atoms in total. The molecule has 1 aromatic heterocycles. The van der Waals surface area contributed by atoms with E-state index in [2.05, 4.69) is 5.10 Å². The molecular formula is C19H23N3O3. The van der Waals surface area contributed by atoms with Gasteiger partial charge in [-0.1, -0.05) is 19.3 Å². The lowest BCUT2D eigenvalue weighted by Crippen LogP contribution is -2.56. The molecule has 0 radical (unpaired) electrons. The van der Waals surface area contributed by atoms with Crippen LogP contribution in [0, 0.1) is 6.92 Å². The van der Waals surface area contributed by atoms with Crippen LogP contribution in [0.4, 0.5) is 0 Å². The second-order valence-corrected chi connectivity index (χ2v) is 6.77. The molecule has 0 aliphatic heterocycles. The summed E-state index contributed by atoms with van der Waals surface area (Å²) in [4.78, 5) is 26.2. The number of hydrogen-bond donors (Lipinski definition) is 1. The van der Waals surface area contributed by atoms with Gasteiger partial charge in [-0.15, -0.1) is 0 Å². The summed E-state index contributed by atoms with van der Waals surface area (Å²) >= 11 is 0. The molecule has 1 aliphatic rings. The Bertz CT molecular complexity index is 773. The molecule has 0 bridgehead atoms. The molecule has 0 spiro atoms. The number of rotatable bonds is 4. The van der Waals surface area contributed by atoms with E-state index in [4.69, 9.17) is 0 Å². The highest BCUT2D eigenvalue weighted by molar-refractivity contribution is 5.97. The van der Waals surface area contributed by atoms with Crippen LogP contribution in [0.2, 0.25) is 0 Å². The Morgan fingerprint density at radius 2 is 1.80 bits per heavy atom. The molecule has 3 rings (SSSR count). The van der Waals surface area contributed by atoms with E-state index >= 15 is 0 Å². The van der Waals surface area contributed by atoms with Gasteiger partial charge < -0.3 is 10.0 Å². The Morgan fingerprint density at radius 3 is 2.32 bits per heavy atom. The topological polar surface area (TPSA) is 75.4 Å². The van der Waals surface area contributed by atoms with Gasteiger partial charge in [0.2, 0.25) is 0 Å². The second kappa shape index (κ2) is 6.70. The fourth-order valence-electron chi connectivity index (χ4n) is 3.53. The number of likely N-dealkylation sites (N-methyl/N-ethyl adjacent to an activating group) is 1. The molecule has 1 amide bonds. The minimum absolute atomic E-state index is 0.257. The van der Waals surface area contributed by atoms with Gasteiger partial charge in [0.1, 0.15) is 5.54 Å². The summed E-state index contributed by atoms with van der Waals surface area (Å²) < 4.78 is 1.74. The van der Waals surface area contributed by atoms with Crippen molar-refractivity contribution in [3.8, 4) is 5.69 Å². The Labute approximate surface area is 147 Å². The van der Waals surface area contributed by atoms with Crippen molar-refractivity contribution in [2.75, 3.05) is 7.05 Å². The molecular weight excluding hydrogens is 318 g/mol. The van der Waals surface area contributed by atoms with Crippen molar-refractivity contribution in [2.45, 2.75) is 44.6 Å². The first kappa shape index (κ1) is 17.2. The SMILES string of the molecule is Cc1cnn(-c2ccc(C(=O)N(C)C3(C(=O)O)CCCCC3)cc2)c1. The Hall–Kier alpha value is -2.63. The minimum Gasteiger partial charge on any atom is -0.479 e. The zero-order chi connectivity index (χ0) is 18.0. The predicted octanol–water partition coefficient (Wildman–Crippen LogP) is 3.04. The van der Waals surface area contributed by atoms with Crippen molar-refractivity contribution in [3.05, 3.63) is 47.8 Å². The van der Waals surface area contributed by atoms with E-state index < -0.39 is 11.5 Å². The molecule has 1 N–H and O–H groups in total. The van der Waals surface area contributed by atoms with E-state index in [1.807, 2.05) is 25.3 Å². The van der Waals surface area contributed by atoms with Crippen LogP contribution in [0.3, 0.4) is 0 Å². The first-order chi connectivity index (χ1) is 11.9. The van der Waals surface area contributed by atoms with Crippen LogP contribution in [0.25, 0.3) is 5.69 Å². The standard InChI is InChI=1S/C19H23N3O3/c1-14-12-20-22(13-14)16-8-6-15(7-9-16)17(23)21(2)19(18(24)25)10-4-3-5-11-19/h6-9,12-13H,3-5,10-11H2,1-2H3,(H,24,25). The molecule has 1 aromatic carbocycles. The number of carboxylic acid groups (broad SMARTS) is 1. The number of nitrogens with zero attached hydrogens (tertiary/aromatic N) is 3. The fraction of sp³-hybridized carbons (Fsp3) is 0.421. The van der Waals surface area contributed by atoms with Gasteiger partial charge in [0.05, 0.1) is 11.9 Å². The number of amides is 1. The van der Waals surface area contributed by atoms with Crippen LogP contribution < -0.4 is 0 Å². The monoisotopic (exact) mass is 341 g/mol. The van der Waals surface area contributed by atoms with Crippen molar-refractivity contribution >= 4 is 11.9 Å². The quantitative estimate of drug-likeness (QED) is 0.927. The minimum atomic E-state index is -1.09. The third-order valence-electron chi connectivity index (χ3n) is 5.12. The van der Waals surface area contributed by atoms with Gasteiger partial charge in [-0.2, -0.15) is 5.10 Å². The third kappa shape index (κ3) is 3.16. The predicted molar refractivity (Wildman–Crippen MR) is 93.8 cm³/mol. The molecule has 6 heteroatoms. The van der Waals surface area contributed by atoms with Gasteiger partial charge in [-0.3, -0.25) is 4.79 Å². The van der Waals surface area contributed by atoms with Crippen LogP contribution >= 0.6 is 0 Å². The molecule has 1 heterocycles. The summed E-state index contributed by atoms with van der Waals surface area (Å²) in [6, 6.07) is 7.09. The van der Waals surface area contributed by atoms with Crippen LogP contribution in [0.5, 0.6) is 0 Å². The van der Waals surface area contributed by atoms with Crippen LogP contribution in [0.1, 0.15) is 48.0 Å². The van der Waals surface area contributed by atoms with Crippen molar-refractivity contribution in [2.24, 2.45) is 0 Å². The molecule has 132 valence electrons. The number of aliphatic carboxylic acids is 1. The van der Waals surface area contributed by atoms with E-state index in [-0.39, 0.29) is 5.91 Å². The maximum atomic E-state index is 12.8. The zero-order valence-corrected chi connectivity index (χ0v) is 14.6. The first-order valence-electron chi connectivity index (χ1n) is 8.57. The highest BCUT2D eigenvalue weighted by Gasteiger charge is 2.45. The lowest BCUT2D eigenvalue weighted by molar-refractivity contribution is -0.151. The van der Waals surface area contributed by atoms with E-state index in [0.717, 1.165) is 30.5 Å². The summed E-state index contributed by atoms with van der Waals surface area (Å²) in [5.41, 5.74) is 1.31. The number of carbonyl (C=O) groups is 2. The van der Waals surface area contributed by atoms with Crippen molar-refractivity contribution in [1.82, 2.24) is 14.7 Å². The number of aryl methyl sites for hydroxylation is 1. The Kier molecular flexibility index (Phi) is 4.61. The smallest absolute Gasteiger partial charge is 0.329 e. The molecule has 2 aromatic rings. The molecule has 25 heavy (non-hydrogen) atoms. The number of carbonyl (C=O) groups excluding carboxylic acids is 1. The van der Waals surface area contributed by atoms with Crippen LogP contribution in [-0.4, -0.2) is 44.3 Å². The zero-order valence-electron chi connectivity index (χ0n) is 14.6. The molecule has 0 saturated heterocycles. The lowest BCUT2D eigenvalue weighted by atomic mass is 9.80. The number of benzene rings is 1. The maximum Gasteiger partial charge on any atom is 0.329 e. The summed E-state index contributed by atoms with van der Waals surface area (Å²) in [5.74, 6) is -1.17. The summed E-state index contributed by atoms with van der Waals surface area (Å²) in [5, 5.41) is 14.0. The number of aromatic nitrogens is 2. The second-order valence-electron chi connectivity index (χ2n) is 6.77. The van der Waals surface area contributed by atoms with Gasteiger partial charge in [-0.05, 0) is 49.6 Å². The van der Waals surface area contributed by atoms with Gasteiger partial charge in [0.15, 0.2) is 0 Å². The largest absolute Gasteiger partial charge is 0.479 e. The summed E-state index contributed by atoms with van der Waals surface area (Å²) in [6.07, 6.45) is 7.39. The van der Waals surface area contributed by atoms with Gasteiger partial charge in [0, 0.05) is 18.8 Å². The number of carboxylic acids is 1. The van der Waals surface area contributed by atoms with Crippen molar-refractivity contribution in [1.29, 1.82) is 0 Å². The highest BCUT2D eigenvalue weighted by atomic mass is 16.4. The summed E-state index contributed by atoms with van der Waals surface area (Å²) in [7, 11) is 1.60. The average Bonchev–Trinajstić information content (AvgIpc) is 3.07. The van der Waals surface area contributed by atoms with E-state index in [9.17, 15) is 14.7 Å². The van der Waals surface area contributed by atoms with Crippen molar-refractivity contribution in [3.63, 3.8) is 0 Å². The van der Waals surface area contributed by atoms with Crippen LogP contribution in [-0.2, 0) is 4.79 Å². The van der Waals surface area contributed by atoms with Gasteiger partial charge >= 0.3 is 5.97 Å². The van der Waals surface area contributed by atoms with E-state index in [0.29, 0.717) is 18.4 Å². The maximum absolute atomic E-state index is 12.8. The van der Waals surface area contributed by atoms with Crippen molar-refractivity contribution < 1.29 is 14.7 Å². The van der Waals surface area contributed by atoms with Crippen LogP contribution in [0.15, 0.2) is 36.7 Å². The van der Waals surface area contributed by atoms with E-state index in [1.54, 1.807) is 30.1 Å². The molecule has 1 fully saturated rings.